The van der Waals surface area contributed by atoms with Crippen LogP contribution in [0.2, 0.25) is 0 Å². The van der Waals surface area contributed by atoms with E-state index in [0.29, 0.717) is 24.5 Å². The van der Waals surface area contributed by atoms with E-state index in [-0.39, 0.29) is 18.8 Å². The maximum Gasteiger partial charge on any atom is 0.322 e. The zero-order chi connectivity index (χ0) is 23.3. The molecule has 9 nitrogen and oxygen atoms in total. The number of nitrogen functional groups attached to an aromatic ring is 1. The molecule has 1 aromatic carbocycles. The summed E-state index contributed by atoms with van der Waals surface area (Å²) in [5.41, 5.74) is 19.5. The predicted molar refractivity (Wildman–Crippen MR) is 119 cm³/mol. The van der Waals surface area contributed by atoms with Gasteiger partial charge in [-0.25, -0.2) is 0 Å². The zero-order valence-electron chi connectivity index (χ0n) is 18.4. The molecule has 0 saturated carbocycles. The number of primary amides is 1. The summed E-state index contributed by atoms with van der Waals surface area (Å²) >= 11 is 0. The van der Waals surface area contributed by atoms with Gasteiger partial charge in [0.15, 0.2) is 0 Å². The molecule has 0 heterocycles. The fourth-order valence-corrected chi connectivity index (χ4v) is 2.15. The summed E-state index contributed by atoms with van der Waals surface area (Å²) in [7, 11) is 3.89. The highest BCUT2D eigenvalue weighted by atomic mass is 16.5. The Kier molecular flexibility index (Phi) is 12.6. The van der Waals surface area contributed by atoms with Gasteiger partial charge in [0.2, 0.25) is 5.91 Å². The van der Waals surface area contributed by atoms with Crippen molar-refractivity contribution in [3.05, 3.63) is 29.3 Å². The summed E-state index contributed by atoms with van der Waals surface area (Å²) in [5.74, 6) is -1.25. The molecule has 0 aliphatic heterocycles. The molecule has 168 valence electrons. The number of carbonyl (C=O) groups excluding carboxylic acids is 3. The maximum absolute atomic E-state index is 11.0. The minimum atomic E-state index is -0.737. The number of anilines is 2. The predicted octanol–water partition coefficient (Wildman–Crippen LogP) is 1.44. The number of carbonyl (C=O) groups is 3. The van der Waals surface area contributed by atoms with Crippen molar-refractivity contribution in [2.24, 2.45) is 11.5 Å². The van der Waals surface area contributed by atoms with Crippen LogP contribution in [0.15, 0.2) is 23.8 Å². The quantitative estimate of drug-likeness (QED) is 0.307. The normalized spacial score (nSPS) is 11.6. The second-order valence-electron chi connectivity index (χ2n) is 6.60. The first-order chi connectivity index (χ1) is 14.0. The number of amides is 1. The van der Waals surface area contributed by atoms with Crippen molar-refractivity contribution in [2.45, 2.75) is 39.7 Å². The summed E-state index contributed by atoms with van der Waals surface area (Å²) in [5, 5.41) is 0. The Balaban J connectivity index is 0.000000567. The van der Waals surface area contributed by atoms with E-state index in [0.717, 1.165) is 11.3 Å². The molecule has 1 aromatic rings. The third-order valence-corrected chi connectivity index (χ3v) is 3.90. The van der Waals surface area contributed by atoms with Gasteiger partial charge >= 0.3 is 11.9 Å². The van der Waals surface area contributed by atoms with Gasteiger partial charge in [-0.2, -0.15) is 0 Å². The first-order valence-corrected chi connectivity index (χ1v) is 9.66. The summed E-state index contributed by atoms with van der Waals surface area (Å²) < 4.78 is 9.37. The van der Waals surface area contributed by atoms with Crippen LogP contribution in [-0.2, 0) is 23.9 Å². The standard InChI is InChI=1S/C12H17N3O.C9H17NO4/c1-8(12(14)16)6-9-4-5-10(15(2)3)7-11(9)13;1-3-13-8(11)6-5-7(10)9(12)14-4-2/h4-7H,13H2,1-3H3,(H2,14,16);7H,3-6,10H2,1-2H3/b8-6+;. The van der Waals surface area contributed by atoms with E-state index < -0.39 is 17.9 Å². The van der Waals surface area contributed by atoms with Crippen molar-refractivity contribution >= 4 is 35.3 Å². The smallest absolute Gasteiger partial charge is 0.322 e. The van der Waals surface area contributed by atoms with Crippen molar-refractivity contribution in [1.82, 2.24) is 0 Å². The lowest BCUT2D eigenvalue weighted by atomic mass is 10.1. The van der Waals surface area contributed by atoms with Gasteiger partial charge in [-0.05, 0) is 51.0 Å². The molecule has 1 amide bonds. The Morgan fingerprint density at radius 2 is 1.73 bits per heavy atom. The lowest BCUT2D eigenvalue weighted by Crippen LogP contribution is -2.32. The first kappa shape index (κ1) is 26.9. The molecular formula is C21H34N4O5. The fraction of sp³-hybridized carbons (Fsp3) is 0.476. The molecule has 0 bridgehead atoms. The van der Waals surface area contributed by atoms with Gasteiger partial charge in [-0.3, -0.25) is 14.4 Å². The van der Waals surface area contributed by atoms with Crippen LogP contribution in [0.5, 0.6) is 0 Å². The Hall–Kier alpha value is -3.07. The second-order valence-corrected chi connectivity index (χ2v) is 6.60. The highest BCUT2D eigenvalue weighted by molar-refractivity contribution is 5.96. The zero-order valence-corrected chi connectivity index (χ0v) is 18.4. The van der Waals surface area contributed by atoms with Crippen LogP contribution < -0.4 is 22.1 Å². The van der Waals surface area contributed by atoms with Crippen LogP contribution in [0, 0.1) is 0 Å². The molecule has 0 saturated heterocycles. The molecule has 1 atom stereocenters. The average molecular weight is 423 g/mol. The van der Waals surface area contributed by atoms with Gasteiger partial charge in [0.05, 0.1) is 13.2 Å². The molecule has 0 aliphatic rings. The molecule has 1 rings (SSSR count). The number of esters is 2. The summed E-state index contributed by atoms with van der Waals surface area (Å²) in [6.07, 6.45) is 2.10. The Morgan fingerprint density at radius 3 is 2.20 bits per heavy atom. The van der Waals surface area contributed by atoms with E-state index in [9.17, 15) is 14.4 Å². The summed E-state index contributed by atoms with van der Waals surface area (Å²) in [6.45, 7) is 5.74. The van der Waals surface area contributed by atoms with Gasteiger partial charge in [0.25, 0.3) is 0 Å². The van der Waals surface area contributed by atoms with Gasteiger partial charge < -0.3 is 31.6 Å². The molecule has 0 radical (unpaired) electrons. The van der Waals surface area contributed by atoms with E-state index in [2.05, 4.69) is 9.47 Å². The summed E-state index contributed by atoms with van der Waals surface area (Å²) in [4.78, 5) is 34.8. The maximum atomic E-state index is 11.0. The molecule has 1 unspecified atom stereocenters. The Labute approximate surface area is 178 Å². The van der Waals surface area contributed by atoms with E-state index in [1.165, 1.54) is 0 Å². The highest BCUT2D eigenvalue weighted by Gasteiger charge is 2.16. The molecule has 6 N–H and O–H groups in total. The molecule has 0 aromatic heterocycles. The van der Waals surface area contributed by atoms with Gasteiger partial charge in [-0.1, -0.05) is 6.07 Å². The van der Waals surface area contributed by atoms with Crippen molar-refractivity contribution in [3.8, 4) is 0 Å². The molecule has 9 heteroatoms. The van der Waals surface area contributed by atoms with E-state index in [1.807, 2.05) is 37.2 Å². The Morgan fingerprint density at radius 1 is 1.13 bits per heavy atom. The van der Waals surface area contributed by atoms with Crippen LogP contribution >= 0.6 is 0 Å². The number of nitrogens with zero attached hydrogens (tertiary/aromatic N) is 1. The van der Waals surface area contributed by atoms with Crippen LogP contribution in [0.25, 0.3) is 6.08 Å². The van der Waals surface area contributed by atoms with Crippen LogP contribution in [-0.4, -0.2) is 51.2 Å². The number of ether oxygens (including phenoxy) is 2. The van der Waals surface area contributed by atoms with Gasteiger partial charge in [0.1, 0.15) is 6.04 Å². The molecule has 0 aliphatic carbocycles. The number of rotatable bonds is 9. The summed E-state index contributed by atoms with van der Waals surface area (Å²) in [6, 6.07) is 4.94. The van der Waals surface area contributed by atoms with Gasteiger partial charge in [-0.15, -0.1) is 0 Å². The molecule has 0 spiro atoms. The van der Waals surface area contributed by atoms with Gasteiger partial charge in [0, 0.05) is 37.5 Å². The van der Waals surface area contributed by atoms with Crippen LogP contribution in [0.1, 0.15) is 39.2 Å². The molecular weight excluding hydrogens is 388 g/mol. The number of hydrogen-bond donors (Lipinski definition) is 3. The van der Waals surface area contributed by atoms with Crippen LogP contribution in [0.4, 0.5) is 11.4 Å². The van der Waals surface area contributed by atoms with E-state index >= 15 is 0 Å². The first-order valence-electron chi connectivity index (χ1n) is 9.66. The highest BCUT2D eigenvalue weighted by Crippen LogP contribution is 2.21. The average Bonchev–Trinajstić information content (AvgIpc) is 2.68. The second kappa shape index (κ2) is 14.0. The van der Waals surface area contributed by atoms with Crippen molar-refractivity contribution < 1.29 is 23.9 Å². The van der Waals surface area contributed by atoms with Crippen LogP contribution in [0.3, 0.4) is 0 Å². The lowest BCUT2D eigenvalue weighted by Gasteiger charge is -2.13. The lowest BCUT2D eigenvalue weighted by molar-refractivity contribution is -0.146. The third-order valence-electron chi connectivity index (χ3n) is 3.90. The largest absolute Gasteiger partial charge is 0.466 e. The number of hydrogen-bond acceptors (Lipinski definition) is 8. The van der Waals surface area contributed by atoms with Crippen molar-refractivity contribution in [1.29, 1.82) is 0 Å². The monoisotopic (exact) mass is 422 g/mol. The SMILES string of the molecule is C/C(=C\c1ccc(N(C)C)cc1N)C(N)=O.CCOC(=O)CCC(N)C(=O)OCC. The minimum Gasteiger partial charge on any atom is -0.466 e. The molecule has 30 heavy (non-hydrogen) atoms. The number of nitrogens with two attached hydrogens (primary N) is 3. The Bertz CT molecular complexity index is 747. The van der Waals surface area contributed by atoms with Crippen molar-refractivity contribution in [2.75, 3.05) is 37.9 Å². The van der Waals surface area contributed by atoms with E-state index in [4.69, 9.17) is 17.2 Å². The number of benzene rings is 1. The fourth-order valence-electron chi connectivity index (χ4n) is 2.15. The van der Waals surface area contributed by atoms with E-state index in [1.54, 1.807) is 26.8 Å². The minimum absolute atomic E-state index is 0.147. The topological polar surface area (TPSA) is 151 Å². The van der Waals surface area contributed by atoms with Crippen molar-refractivity contribution in [3.63, 3.8) is 0 Å². The molecule has 0 fully saturated rings. The third kappa shape index (κ3) is 10.5.